The van der Waals surface area contributed by atoms with E-state index in [1.54, 1.807) is 13.1 Å². The quantitative estimate of drug-likeness (QED) is 0.754. The molecule has 0 saturated heterocycles. The fourth-order valence-electron chi connectivity index (χ4n) is 1.34. The molecule has 0 fully saturated rings. The van der Waals surface area contributed by atoms with Gasteiger partial charge in [-0.25, -0.2) is 4.79 Å². The van der Waals surface area contributed by atoms with Gasteiger partial charge in [0.05, 0.1) is 6.61 Å². The maximum absolute atomic E-state index is 11.6. The Bertz CT molecular complexity index is 370. The molecule has 0 amide bonds. The van der Waals surface area contributed by atoms with E-state index in [-0.39, 0.29) is 5.97 Å². The van der Waals surface area contributed by atoms with Gasteiger partial charge in [-0.1, -0.05) is 6.07 Å². The van der Waals surface area contributed by atoms with E-state index < -0.39 is 11.7 Å². The molecular weight excluding hydrogens is 230 g/mol. The average Bonchev–Trinajstić information content (AvgIpc) is 2.28. The van der Waals surface area contributed by atoms with Crippen molar-refractivity contribution in [1.82, 2.24) is 4.98 Å². The molecular formula is C14H21NO3. The van der Waals surface area contributed by atoms with Gasteiger partial charge < -0.3 is 9.47 Å². The van der Waals surface area contributed by atoms with Gasteiger partial charge in [-0.3, -0.25) is 4.98 Å². The van der Waals surface area contributed by atoms with Gasteiger partial charge in [0.25, 0.3) is 0 Å². The molecule has 0 radical (unpaired) electrons. The molecule has 1 aromatic rings. The zero-order chi connectivity index (χ0) is 13.6. The van der Waals surface area contributed by atoms with Gasteiger partial charge in [0, 0.05) is 18.3 Å². The SMILES string of the molecule is CC(OCCc1ccccn1)C(=O)OC(C)(C)C. The minimum Gasteiger partial charge on any atom is -0.458 e. The molecule has 1 heterocycles. The molecule has 0 spiro atoms. The Hall–Kier alpha value is -1.42. The van der Waals surface area contributed by atoms with E-state index in [4.69, 9.17) is 9.47 Å². The van der Waals surface area contributed by atoms with E-state index in [1.807, 2.05) is 39.0 Å². The van der Waals surface area contributed by atoms with Crippen molar-refractivity contribution in [1.29, 1.82) is 0 Å². The van der Waals surface area contributed by atoms with Crippen LogP contribution in [-0.2, 0) is 20.7 Å². The average molecular weight is 251 g/mol. The van der Waals surface area contributed by atoms with Crippen molar-refractivity contribution in [3.8, 4) is 0 Å². The Balaban J connectivity index is 2.29. The van der Waals surface area contributed by atoms with Gasteiger partial charge in [0.2, 0.25) is 0 Å². The fraction of sp³-hybridized carbons (Fsp3) is 0.571. The largest absolute Gasteiger partial charge is 0.458 e. The lowest BCUT2D eigenvalue weighted by Crippen LogP contribution is -2.32. The first-order chi connectivity index (χ1) is 8.38. The molecule has 1 aromatic heterocycles. The van der Waals surface area contributed by atoms with Crippen molar-refractivity contribution in [3.05, 3.63) is 30.1 Å². The first-order valence-corrected chi connectivity index (χ1v) is 6.13. The van der Waals surface area contributed by atoms with Crippen molar-refractivity contribution < 1.29 is 14.3 Å². The third-order valence-electron chi connectivity index (χ3n) is 2.19. The van der Waals surface area contributed by atoms with Crippen LogP contribution in [0.3, 0.4) is 0 Å². The summed E-state index contributed by atoms with van der Waals surface area (Å²) < 4.78 is 10.7. The highest BCUT2D eigenvalue weighted by molar-refractivity contribution is 5.74. The lowest BCUT2D eigenvalue weighted by molar-refractivity contribution is -0.167. The van der Waals surface area contributed by atoms with Crippen molar-refractivity contribution in [2.75, 3.05) is 6.61 Å². The number of aromatic nitrogens is 1. The number of pyridine rings is 1. The van der Waals surface area contributed by atoms with Crippen LogP contribution in [0, 0.1) is 0 Å². The van der Waals surface area contributed by atoms with Crippen molar-refractivity contribution in [2.24, 2.45) is 0 Å². The van der Waals surface area contributed by atoms with Crippen LogP contribution < -0.4 is 0 Å². The van der Waals surface area contributed by atoms with Gasteiger partial charge in [0.15, 0.2) is 6.10 Å². The molecule has 4 nitrogen and oxygen atoms in total. The fourth-order valence-corrected chi connectivity index (χ4v) is 1.34. The van der Waals surface area contributed by atoms with E-state index in [0.717, 1.165) is 5.69 Å². The molecule has 100 valence electrons. The van der Waals surface area contributed by atoms with Gasteiger partial charge in [-0.15, -0.1) is 0 Å². The highest BCUT2D eigenvalue weighted by Gasteiger charge is 2.21. The molecule has 4 heteroatoms. The number of hydrogen-bond acceptors (Lipinski definition) is 4. The third kappa shape index (κ3) is 5.77. The van der Waals surface area contributed by atoms with Crippen LogP contribution in [-0.4, -0.2) is 29.3 Å². The number of carbonyl (C=O) groups excluding carboxylic acids is 1. The minimum absolute atomic E-state index is 0.330. The van der Waals surface area contributed by atoms with Crippen LogP contribution in [0.1, 0.15) is 33.4 Å². The number of ether oxygens (including phenoxy) is 2. The summed E-state index contributed by atoms with van der Waals surface area (Å²) in [4.78, 5) is 15.8. The van der Waals surface area contributed by atoms with E-state index in [0.29, 0.717) is 13.0 Å². The molecule has 0 saturated carbocycles. The van der Waals surface area contributed by atoms with Crippen LogP contribution in [0.5, 0.6) is 0 Å². The van der Waals surface area contributed by atoms with Crippen molar-refractivity contribution in [2.45, 2.75) is 45.8 Å². The summed E-state index contributed by atoms with van der Waals surface area (Å²) in [5.41, 5.74) is 0.476. The number of nitrogens with zero attached hydrogens (tertiary/aromatic N) is 1. The van der Waals surface area contributed by atoms with Crippen LogP contribution in [0.2, 0.25) is 0 Å². The summed E-state index contributed by atoms with van der Waals surface area (Å²) in [6, 6.07) is 5.73. The second-order valence-corrected chi connectivity index (χ2v) is 5.12. The molecule has 18 heavy (non-hydrogen) atoms. The summed E-state index contributed by atoms with van der Waals surface area (Å²) in [5, 5.41) is 0. The first kappa shape index (κ1) is 14.6. The molecule has 0 N–H and O–H groups in total. The Kier molecular flexibility index (Phi) is 5.28. The van der Waals surface area contributed by atoms with Crippen LogP contribution >= 0.6 is 0 Å². The lowest BCUT2D eigenvalue weighted by atomic mass is 10.2. The second-order valence-electron chi connectivity index (χ2n) is 5.12. The molecule has 1 rings (SSSR count). The van der Waals surface area contributed by atoms with Gasteiger partial charge in [-0.2, -0.15) is 0 Å². The summed E-state index contributed by atoms with van der Waals surface area (Å²) in [6.07, 6.45) is 1.88. The molecule has 0 aliphatic rings. The number of rotatable bonds is 5. The van der Waals surface area contributed by atoms with Gasteiger partial charge in [0.1, 0.15) is 5.60 Å². The Morgan fingerprint density at radius 2 is 2.11 bits per heavy atom. The van der Waals surface area contributed by atoms with E-state index in [2.05, 4.69) is 4.98 Å². The van der Waals surface area contributed by atoms with Crippen molar-refractivity contribution in [3.63, 3.8) is 0 Å². The maximum atomic E-state index is 11.6. The van der Waals surface area contributed by atoms with Crippen LogP contribution in [0.25, 0.3) is 0 Å². The van der Waals surface area contributed by atoms with Crippen molar-refractivity contribution >= 4 is 5.97 Å². The zero-order valence-corrected chi connectivity index (χ0v) is 11.5. The Morgan fingerprint density at radius 1 is 1.39 bits per heavy atom. The van der Waals surface area contributed by atoms with Gasteiger partial charge >= 0.3 is 5.97 Å². The summed E-state index contributed by atoms with van der Waals surface area (Å²) in [6.45, 7) is 7.67. The first-order valence-electron chi connectivity index (χ1n) is 6.13. The van der Waals surface area contributed by atoms with E-state index in [9.17, 15) is 4.79 Å². The molecule has 0 aliphatic carbocycles. The molecule has 0 bridgehead atoms. The Morgan fingerprint density at radius 3 is 2.67 bits per heavy atom. The summed E-state index contributed by atoms with van der Waals surface area (Å²) in [7, 11) is 0. The standard InChI is InChI=1S/C14H21NO3/c1-11(13(16)18-14(2,3)4)17-10-8-12-7-5-6-9-15-12/h5-7,9,11H,8,10H2,1-4H3. The van der Waals surface area contributed by atoms with E-state index >= 15 is 0 Å². The highest BCUT2D eigenvalue weighted by atomic mass is 16.6. The predicted octanol–water partition coefficient (Wildman–Crippen LogP) is 2.37. The topological polar surface area (TPSA) is 48.4 Å². The molecule has 0 aromatic carbocycles. The zero-order valence-electron chi connectivity index (χ0n) is 11.5. The van der Waals surface area contributed by atoms with Crippen LogP contribution in [0.15, 0.2) is 24.4 Å². The number of esters is 1. The highest BCUT2D eigenvalue weighted by Crippen LogP contribution is 2.09. The summed E-state index contributed by atoms with van der Waals surface area (Å²) in [5.74, 6) is -0.330. The normalized spacial score (nSPS) is 13.1. The number of hydrogen-bond donors (Lipinski definition) is 0. The molecule has 0 aliphatic heterocycles. The smallest absolute Gasteiger partial charge is 0.335 e. The second kappa shape index (κ2) is 6.50. The minimum atomic E-state index is -0.548. The predicted molar refractivity (Wildman–Crippen MR) is 69.2 cm³/mol. The summed E-state index contributed by atoms with van der Waals surface area (Å²) >= 11 is 0. The maximum Gasteiger partial charge on any atom is 0.335 e. The monoisotopic (exact) mass is 251 g/mol. The van der Waals surface area contributed by atoms with Crippen LogP contribution in [0.4, 0.5) is 0 Å². The Labute approximate surface area is 108 Å². The lowest BCUT2D eigenvalue weighted by Gasteiger charge is -2.22. The number of carbonyl (C=O) groups is 1. The molecule has 1 unspecified atom stereocenters. The van der Waals surface area contributed by atoms with E-state index in [1.165, 1.54) is 0 Å². The third-order valence-corrected chi connectivity index (χ3v) is 2.19. The van der Waals surface area contributed by atoms with Gasteiger partial charge in [-0.05, 0) is 39.8 Å². The molecule has 1 atom stereocenters.